The zero-order valence-corrected chi connectivity index (χ0v) is 9.61. The number of hydrogen-bond donors (Lipinski definition) is 1. The number of carbonyl (C=O) groups excluding carboxylic acids is 1. The lowest BCUT2D eigenvalue weighted by Gasteiger charge is -2.37. The summed E-state index contributed by atoms with van der Waals surface area (Å²) in [4.78, 5) is 13.2. The molecular formula is C11H21NO3. The van der Waals surface area contributed by atoms with Crippen molar-refractivity contribution in [3.63, 3.8) is 0 Å². The highest BCUT2D eigenvalue weighted by atomic mass is 16.5. The number of ether oxygens (including phenoxy) is 1. The highest BCUT2D eigenvalue weighted by Crippen LogP contribution is 2.27. The Morgan fingerprint density at radius 2 is 2.40 bits per heavy atom. The van der Waals surface area contributed by atoms with Crippen LogP contribution in [0.4, 0.5) is 0 Å². The number of aliphatic hydroxyl groups is 1. The first kappa shape index (κ1) is 12.6. The molecule has 0 aromatic heterocycles. The molecule has 0 aromatic rings. The van der Waals surface area contributed by atoms with E-state index < -0.39 is 0 Å². The molecule has 1 saturated heterocycles. The van der Waals surface area contributed by atoms with Crippen LogP contribution in [0.3, 0.4) is 0 Å². The Balaban J connectivity index is 2.54. The molecule has 0 spiro atoms. The van der Waals surface area contributed by atoms with E-state index >= 15 is 0 Å². The Morgan fingerprint density at radius 1 is 1.67 bits per heavy atom. The second-order valence-corrected chi connectivity index (χ2v) is 4.58. The molecule has 1 heterocycles. The third-order valence-corrected chi connectivity index (χ3v) is 3.18. The number of hydrogen-bond acceptors (Lipinski definition) is 4. The summed E-state index contributed by atoms with van der Waals surface area (Å²) in [7, 11) is 1.93. The fourth-order valence-electron chi connectivity index (χ4n) is 1.92. The van der Waals surface area contributed by atoms with Crippen molar-refractivity contribution in [1.29, 1.82) is 0 Å². The van der Waals surface area contributed by atoms with E-state index in [1.165, 1.54) is 0 Å². The van der Waals surface area contributed by atoms with Crippen LogP contribution in [0.2, 0.25) is 0 Å². The maximum Gasteiger partial charge on any atom is 0.129 e. The van der Waals surface area contributed by atoms with E-state index in [1.807, 2.05) is 18.9 Å². The van der Waals surface area contributed by atoms with Gasteiger partial charge in [0.25, 0.3) is 0 Å². The van der Waals surface area contributed by atoms with E-state index in [9.17, 15) is 4.79 Å². The van der Waals surface area contributed by atoms with Crippen LogP contribution in [0.5, 0.6) is 0 Å². The lowest BCUT2D eigenvalue weighted by Crippen LogP contribution is -2.46. The minimum atomic E-state index is -0.365. The van der Waals surface area contributed by atoms with Gasteiger partial charge >= 0.3 is 0 Å². The molecule has 88 valence electrons. The molecule has 0 saturated carbocycles. The first-order valence-corrected chi connectivity index (χ1v) is 5.49. The Kier molecular flexibility index (Phi) is 4.70. The average molecular weight is 215 g/mol. The predicted octanol–water partition coefficient (Wildman–Crippen LogP) is 0.295. The van der Waals surface area contributed by atoms with Gasteiger partial charge in [0.15, 0.2) is 0 Å². The number of nitrogens with zero attached hydrogens (tertiary/aromatic N) is 1. The van der Waals surface area contributed by atoms with Crippen LogP contribution in [0.15, 0.2) is 0 Å². The van der Waals surface area contributed by atoms with Crippen molar-refractivity contribution < 1.29 is 14.6 Å². The van der Waals surface area contributed by atoms with E-state index in [0.717, 1.165) is 25.7 Å². The maximum atomic E-state index is 11.2. The van der Waals surface area contributed by atoms with Gasteiger partial charge in [0.2, 0.25) is 0 Å². The normalized spacial score (nSPS) is 29.1. The summed E-state index contributed by atoms with van der Waals surface area (Å²) < 4.78 is 5.37. The second kappa shape index (κ2) is 5.58. The summed E-state index contributed by atoms with van der Waals surface area (Å²) in [5.41, 5.74) is -0.365. The lowest BCUT2D eigenvalue weighted by atomic mass is 9.83. The molecule has 1 rings (SSSR count). The fourth-order valence-corrected chi connectivity index (χ4v) is 1.92. The number of aldehydes is 1. The lowest BCUT2D eigenvalue weighted by molar-refractivity contribution is -0.126. The Labute approximate surface area is 91.2 Å². The largest absolute Gasteiger partial charge is 0.395 e. The molecule has 0 aromatic carbocycles. The van der Waals surface area contributed by atoms with Crippen LogP contribution in [0, 0.1) is 5.41 Å². The molecule has 0 amide bonds. The third kappa shape index (κ3) is 3.26. The quantitative estimate of drug-likeness (QED) is 0.670. The van der Waals surface area contributed by atoms with Gasteiger partial charge in [-0.3, -0.25) is 0 Å². The van der Waals surface area contributed by atoms with Crippen molar-refractivity contribution in [3.05, 3.63) is 0 Å². The SMILES string of the molecule is CC(CO)N(C)CC1(C=O)CCCOC1. The molecule has 1 aliphatic heterocycles. The van der Waals surface area contributed by atoms with Gasteiger partial charge < -0.3 is 19.5 Å². The van der Waals surface area contributed by atoms with Crippen LogP contribution < -0.4 is 0 Å². The van der Waals surface area contributed by atoms with Crippen molar-refractivity contribution in [3.8, 4) is 0 Å². The van der Waals surface area contributed by atoms with Gasteiger partial charge in [-0.15, -0.1) is 0 Å². The second-order valence-electron chi connectivity index (χ2n) is 4.58. The highest BCUT2D eigenvalue weighted by molar-refractivity contribution is 5.60. The summed E-state index contributed by atoms with van der Waals surface area (Å²) in [6, 6.07) is 0.0868. The molecule has 0 aliphatic carbocycles. The summed E-state index contributed by atoms with van der Waals surface area (Å²) in [5, 5.41) is 9.03. The van der Waals surface area contributed by atoms with Crippen LogP contribution >= 0.6 is 0 Å². The van der Waals surface area contributed by atoms with Gasteiger partial charge in [0.1, 0.15) is 6.29 Å². The summed E-state index contributed by atoms with van der Waals surface area (Å²) in [6.07, 6.45) is 2.85. The van der Waals surface area contributed by atoms with Crippen molar-refractivity contribution >= 4 is 6.29 Å². The molecule has 0 radical (unpaired) electrons. The van der Waals surface area contributed by atoms with Gasteiger partial charge in [-0.2, -0.15) is 0 Å². The van der Waals surface area contributed by atoms with E-state index in [2.05, 4.69) is 0 Å². The van der Waals surface area contributed by atoms with E-state index in [0.29, 0.717) is 13.2 Å². The molecule has 1 fully saturated rings. The Hall–Kier alpha value is -0.450. The van der Waals surface area contributed by atoms with Gasteiger partial charge in [0.05, 0.1) is 18.6 Å². The minimum Gasteiger partial charge on any atom is -0.395 e. The number of carbonyl (C=O) groups is 1. The summed E-state index contributed by atoms with van der Waals surface area (Å²) in [5.74, 6) is 0. The topological polar surface area (TPSA) is 49.8 Å². The third-order valence-electron chi connectivity index (χ3n) is 3.18. The molecular weight excluding hydrogens is 194 g/mol. The smallest absolute Gasteiger partial charge is 0.129 e. The van der Waals surface area contributed by atoms with Gasteiger partial charge in [-0.1, -0.05) is 0 Å². The minimum absolute atomic E-state index is 0.0868. The number of rotatable bonds is 5. The summed E-state index contributed by atoms with van der Waals surface area (Å²) >= 11 is 0. The van der Waals surface area contributed by atoms with Crippen LogP contribution in [0.1, 0.15) is 19.8 Å². The predicted molar refractivity (Wildman–Crippen MR) is 57.7 cm³/mol. The monoisotopic (exact) mass is 215 g/mol. The summed E-state index contributed by atoms with van der Waals surface area (Å²) in [6.45, 7) is 4.00. The van der Waals surface area contributed by atoms with Gasteiger partial charge in [-0.25, -0.2) is 0 Å². The molecule has 15 heavy (non-hydrogen) atoms. The molecule has 4 heteroatoms. The Morgan fingerprint density at radius 3 is 2.87 bits per heavy atom. The molecule has 2 unspecified atom stereocenters. The van der Waals surface area contributed by atoms with Crippen LogP contribution in [0.25, 0.3) is 0 Å². The average Bonchev–Trinajstić information content (AvgIpc) is 2.29. The molecule has 1 aliphatic rings. The fraction of sp³-hybridized carbons (Fsp3) is 0.909. The zero-order chi connectivity index (χ0) is 11.3. The van der Waals surface area contributed by atoms with Crippen LogP contribution in [-0.4, -0.2) is 55.7 Å². The van der Waals surface area contributed by atoms with E-state index in [4.69, 9.17) is 9.84 Å². The maximum absolute atomic E-state index is 11.2. The first-order chi connectivity index (χ1) is 7.13. The molecule has 4 nitrogen and oxygen atoms in total. The Bertz CT molecular complexity index is 202. The highest BCUT2D eigenvalue weighted by Gasteiger charge is 2.34. The van der Waals surface area contributed by atoms with Gasteiger partial charge in [-0.05, 0) is 26.8 Å². The molecule has 0 bridgehead atoms. The van der Waals surface area contributed by atoms with E-state index in [1.54, 1.807) is 0 Å². The first-order valence-electron chi connectivity index (χ1n) is 5.49. The number of aliphatic hydroxyl groups excluding tert-OH is 1. The zero-order valence-electron chi connectivity index (χ0n) is 9.61. The van der Waals surface area contributed by atoms with Crippen molar-refractivity contribution in [2.75, 3.05) is 33.4 Å². The standard InChI is InChI=1S/C11H21NO3/c1-10(6-13)12(2)7-11(8-14)4-3-5-15-9-11/h8,10,13H,3-7,9H2,1-2H3. The van der Waals surface area contributed by atoms with Crippen molar-refractivity contribution in [2.45, 2.75) is 25.8 Å². The molecule has 1 N–H and O–H groups in total. The number of likely N-dealkylation sites (N-methyl/N-ethyl adjacent to an activating group) is 1. The van der Waals surface area contributed by atoms with Crippen molar-refractivity contribution in [2.24, 2.45) is 5.41 Å². The van der Waals surface area contributed by atoms with Gasteiger partial charge in [0, 0.05) is 19.2 Å². The molecule has 2 atom stereocenters. The van der Waals surface area contributed by atoms with Crippen molar-refractivity contribution in [1.82, 2.24) is 4.90 Å². The van der Waals surface area contributed by atoms with E-state index in [-0.39, 0.29) is 18.1 Å². The van der Waals surface area contributed by atoms with Crippen LogP contribution in [-0.2, 0) is 9.53 Å².